The summed E-state index contributed by atoms with van der Waals surface area (Å²) in [6, 6.07) is 11.8. The van der Waals surface area contributed by atoms with E-state index in [1.807, 2.05) is 11.4 Å². The van der Waals surface area contributed by atoms with Gasteiger partial charge in [-0.1, -0.05) is 30.3 Å². The lowest BCUT2D eigenvalue weighted by Crippen LogP contribution is -2.15. The first kappa shape index (κ1) is 21.4. The molecule has 0 saturated carbocycles. The van der Waals surface area contributed by atoms with Gasteiger partial charge in [-0.05, 0) is 23.8 Å². The second-order valence-electron chi connectivity index (χ2n) is 6.86. The fourth-order valence-electron chi connectivity index (χ4n) is 3.04. The van der Waals surface area contributed by atoms with Crippen LogP contribution in [-0.4, -0.2) is 20.9 Å². The van der Waals surface area contributed by atoms with Gasteiger partial charge in [0.25, 0.3) is 0 Å². The SMILES string of the molecule is Nc1ncncc1-c1nc(-c2cccc(NC(=O)Cc3cccc(C(F)(F)F)c3)c2)cs1. The number of rotatable bonds is 5. The van der Waals surface area contributed by atoms with Gasteiger partial charge in [0.2, 0.25) is 5.91 Å². The average Bonchev–Trinajstić information content (AvgIpc) is 3.24. The highest BCUT2D eigenvalue weighted by molar-refractivity contribution is 7.13. The van der Waals surface area contributed by atoms with E-state index < -0.39 is 17.6 Å². The summed E-state index contributed by atoms with van der Waals surface area (Å²) in [6.45, 7) is 0. The fourth-order valence-corrected chi connectivity index (χ4v) is 3.89. The summed E-state index contributed by atoms with van der Waals surface area (Å²) in [5.41, 5.74) is 7.97. The van der Waals surface area contributed by atoms with E-state index >= 15 is 0 Å². The molecule has 0 fully saturated rings. The standard InChI is InChI=1S/C22H16F3N5OS/c23-22(24,25)15-5-1-3-13(7-15)8-19(31)29-16-6-2-4-14(9-16)18-11-32-21(30-18)17-10-27-12-28-20(17)26/h1-7,9-12H,8H2,(H,29,31)(H2,26,27,28). The molecule has 0 aliphatic carbocycles. The zero-order valence-corrected chi connectivity index (χ0v) is 17.2. The van der Waals surface area contributed by atoms with Gasteiger partial charge in [-0.25, -0.2) is 15.0 Å². The Morgan fingerprint density at radius 2 is 1.94 bits per heavy atom. The fraction of sp³-hybridized carbons (Fsp3) is 0.0909. The molecule has 162 valence electrons. The summed E-state index contributed by atoms with van der Waals surface area (Å²) in [7, 11) is 0. The van der Waals surface area contributed by atoms with Crippen LogP contribution in [0.1, 0.15) is 11.1 Å². The van der Waals surface area contributed by atoms with Crippen molar-refractivity contribution < 1.29 is 18.0 Å². The molecule has 0 unspecified atom stereocenters. The van der Waals surface area contributed by atoms with Crippen molar-refractivity contribution in [1.82, 2.24) is 15.0 Å². The quantitative estimate of drug-likeness (QED) is 0.439. The van der Waals surface area contributed by atoms with Crippen LogP contribution in [0.2, 0.25) is 0 Å². The number of amides is 1. The summed E-state index contributed by atoms with van der Waals surface area (Å²) in [5.74, 6) is -0.0915. The number of carbonyl (C=O) groups is 1. The minimum absolute atomic E-state index is 0.178. The van der Waals surface area contributed by atoms with E-state index in [1.165, 1.54) is 29.8 Å². The molecule has 0 radical (unpaired) electrons. The summed E-state index contributed by atoms with van der Waals surface area (Å²) in [4.78, 5) is 24.9. The van der Waals surface area contributed by atoms with Crippen LogP contribution in [0.4, 0.5) is 24.7 Å². The van der Waals surface area contributed by atoms with Crippen LogP contribution in [0.25, 0.3) is 21.8 Å². The topological polar surface area (TPSA) is 93.8 Å². The number of nitrogens with two attached hydrogens (primary N) is 1. The van der Waals surface area contributed by atoms with Gasteiger partial charge in [-0.3, -0.25) is 4.79 Å². The lowest BCUT2D eigenvalue weighted by atomic mass is 10.1. The van der Waals surface area contributed by atoms with Crippen LogP contribution in [0.5, 0.6) is 0 Å². The third-order valence-corrected chi connectivity index (χ3v) is 5.41. The van der Waals surface area contributed by atoms with Crippen LogP contribution in [0.15, 0.2) is 66.4 Å². The maximum Gasteiger partial charge on any atom is 0.416 e. The van der Waals surface area contributed by atoms with Crippen molar-refractivity contribution in [2.45, 2.75) is 12.6 Å². The molecule has 0 spiro atoms. The van der Waals surface area contributed by atoms with Crippen LogP contribution >= 0.6 is 11.3 Å². The Labute approximate surface area is 185 Å². The van der Waals surface area contributed by atoms with E-state index in [-0.39, 0.29) is 12.0 Å². The van der Waals surface area contributed by atoms with Crippen LogP contribution in [-0.2, 0) is 17.4 Å². The molecule has 32 heavy (non-hydrogen) atoms. The molecule has 6 nitrogen and oxygen atoms in total. The largest absolute Gasteiger partial charge is 0.416 e. The van der Waals surface area contributed by atoms with Crippen molar-refractivity contribution in [3.8, 4) is 21.8 Å². The lowest BCUT2D eigenvalue weighted by molar-refractivity contribution is -0.137. The second-order valence-corrected chi connectivity index (χ2v) is 7.72. The molecule has 2 aromatic carbocycles. The first-order valence-corrected chi connectivity index (χ1v) is 10.3. The third kappa shape index (κ3) is 4.92. The van der Waals surface area contributed by atoms with Crippen molar-refractivity contribution in [1.29, 1.82) is 0 Å². The minimum atomic E-state index is -4.45. The molecule has 1 amide bonds. The Bertz CT molecular complexity index is 1270. The van der Waals surface area contributed by atoms with Crippen molar-refractivity contribution in [3.05, 3.63) is 77.6 Å². The van der Waals surface area contributed by atoms with Crippen molar-refractivity contribution >= 4 is 28.7 Å². The minimum Gasteiger partial charge on any atom is -0.383 e. The molecule has 0 aliphatic heterocycles. The Morgan fingerprint density at radius 1 is 1.12 bits per heavy atom. The molecule has 4 rings (SSSR count). The number of nitrogens with zero attached hydrogens (tertiary/aromatic N) is 3. The van der Waals surface area contributed by atoms with Gasteiger partial charge in [0, 0.05) is 22.8 Å². The number of aromatic nitrogens is 3. The van der Waals surface area contributed by atoms with Gasteiger partial charge in [-0.15, -0.1) is 11.3 Å². The van der Waals surface area contributed by atoms with Crippen molar-refractivity contribution in [3.63, 3.8) is 0 Å². The number of nitrogens with one attached hydrogen (secondary N) is 1. The number of anilines is 2. The maximum atomic E-state index is 12.9. The van der Waals surface area contributed by atoms with Crippen LogP contribution in [0, 0.1) is 0 Å². The normalized spacial score (nSPS) is 11.3. The molecule has 10 heteroatoms. The monoisotopic (exact) mass is 455 g/mol. The van der Waals surface area contributed by atoms with E-state index in [9.17, 15) is 18.0 Å². The molecule has 0 saturated heterocycles. The number of thiazole rings is 1. The summed E-state index contributed by atoms with van der Waals surface area (Å²) < 4.78 is 38.6. The lowest BCUT2D eigenvalue weighted by Gasteiger charge is -2.10. The third-order valence-electron chi connectivity index (χ3n) is 4.54. The Morgan fingerprint density at radius 3 is 2.72 bits per heavy atom. The summed E-state index contributed by atoms with van der Waals surface area (Å²) in [6.07, 6.45) is -1.68. The molecule has 0 bridgehead atoms. The van der Waals surface area contributed by atoms with Crippen LogP contribution < -0.4 is 11.1 Å². The van der Waals surface area contributed by atoms with Gasteiger partial charge >= 0.3 is 6.18 Å². The molecular weight excluding hydrogens is 439 g/mol. The summed E-state index contributed by atoms with van der Waals surface area (Å²) in [5, 5.41) is 5.24. The predicted molar refractivity (Wildman–Crippen MR) is 117 cm³/mol. The average molecular weight is 455 g/mol. The second kappa shape index (κ2) is 8.75. The van der Waals surface area contributed by atoms with E-state index in [0.29, 0.717) is 27.8 Å². The van der Waals surface area contributed by atoms with Gasteiger partial charge in [-0.2, -0.15) is 13.2 Å². The van der Waals surface area contributed by atoms with E-state index in [4.69, 9.17) is 5.73 Å². The molecule has 0 atom stereocenters. The predicted octanol–water partition coefficient (Wildman–Crippen LogP) is 5.05. The zero-order chi connectivity index (χ0) is 22.7. The number of hydrogen-bond acceptors (Lipinski definition) is 6. The van der Waals surface area contributed by atoms with Crippen LogP contribution in [0.3, 0.4) is 0 Å². The Kier molecular flexibility index (Phi) is 5.87. The van der Waals surface area contributed by atoms with Crippen molar-refractivity contribution in [2.24, 2.45) is 0 Å². The Hall–Kier alpha value is -3.79. The first-order valence-electron chi connectivity index (χ1n) is 9.37. The zero-order valence-electron chi connectivity index (χ0n) is 16.4. The first-order chi connectivity index (χ1) is 15.3. The number of carbonyl (C=O) groups excluding carboxylic acids is 1. The van der Waals surface area contributed by atoms with Gasteiger partial charge in [0.15, 0.2) is 0 Å². The van der Waals surface area contributed by atoms with E-state index in [0.717, 1.165) is 17.7 Å². The molecule has 2 heterocycles. The number of halogens is 3. The number of nitrogen functional groups attached to an aromatic ring is 1. The number of alkyl halides is 3. The highest BCUT2D eigenvalue weighted by Gasteiger charge is 2.30. The Balaban J connectivity index is 1.48. The molecule has 2 aromatic heterocycles. The van der Waals surface area contributed by atoms with E-state index in [1.54, 1.807) is 24.4 Å². The molecule has 0 aliphatic rings. The van der Waals surface area contributed by atoms with E-state index in [2.05, 4.69) is 20.3 Å². The number of hydrogen-bond donors (Lipinski definition) is 2. The molecular formula is C22H16F3N5OS. The smallest absolute Gasteiger partial charge is 0.383 e. The molecule has 4 aromatic rings. The van der Waals surface area contributed by atoms with Crippen molar-refractivity contribution in [2.75, 3.05) is 11.1 Å². The summed E-state index contributed by atoms with van der Waals surface area (Å²) >= 11 is 1.39. The number of benzene rings is 2. The molecule has 3 N–H and O–H groups in total. The maximum absolute atomic E-state index is 12.9. The van der Waals surface area contributed by atoms with Gasteiger partial charge in [0.1, 0.15) is 17.2 Å². The van der Waals surface area contributed by atoms with Gasteiger partial charge < -0.3 is 11.1 Å². The van der Waals surface area contributed by atoms with Gasteiger partial charge in [0.05, 0.1) is 23.2 Å². The highest BCUT2D eigenvalue weighted by Crippen LogP contribution is 2.32. The highest BCUT2D eigenvalue weighted by atomic mass is 32.1.